The van der Waals surface area contributed by atoms with Crippen LogP contribution >= 0.6 is 0 Å². The van der Waals surface area contributed by atoms with E-state index in [4.69, 9.17) is 18.9 Å². The largest absolute Gasteiger partial charge is 0.497 e. The predicted molar refractivity (Wildman–Crippen MR) is 109 cm³/mol. The van der Waals surface area contributed by atoms with Crippen LogP contribution < -0.4 is 4.74 Å². The zero-order chi connectivity index (χ0) is 22.3. The first-order valence-corrected chi connectivity index (χ1v) is 10.1. The molecule has 0 unspecified atom stereocenters. The molecule has 1 aromatic rings. The van der Waals surface area contributed by atoms with E-state index in [-0.39, 0.29) is 19.6 Å². The second-order valence-electron chi connectivity index (χ2n) is 8.20. The van der Waals surface area contributed by atoms with Gasteiger partial charge in [-0.3, -0.25) is 9.69 Å². The third-order valence-electron chi connectivity index (χ3n) is 4.52. The molecule has 166 valence electrons. The summed E-state index contributed by atoms with van der Waals surface area (Å²) in [6, 6.07) is 6.21. The van der Waals surface area contributed by atoms with Gasteiger partial charge in [0.15, 0.2) is 0 Å². The molecule has 0 aliphatic carbocycles. The Labute approximate surface area is 177 Å². The zero-order valence-corrected chi connectivity index (χ0v) is 18.3. The van der Waals surface area contributed by atoms with Crippen LogP contribution in [0.5, 0.6) is 5.75 Å². The Kier molecular flexibility index (Phi) is 8.08. The molecule has 1 aliphatic rings. The highest BCUT2D eigenvalue weighted by molar-refractivity contribution is 5.85. The standard InChI is InChI=1S/C22H31NO7/c1-6-11-28-19(24)16-12-18(23(13-16)21(26)30-22(2,3)4)20(25)29-14-15-7-9-17(27-5)10-8-15/h7-10,16,18H,6,11-14H2,1-5H3/t16-,18-/m0/s1. The van der Waals surface area contributed by atoms with Crippen molar-refractivity contribution in [3.05, 3.63) is 29.8 Å². The molecule has 0 aromatic heterocycles. The van der Waals surface area contributed by atoms with Gasteiger partial charge in [0.2, 0.25) is 0 Å². The molecule has 1 saturated heterocycles. The Morgan fingerprint density at radius 3 is 2.30 bits per heavy atom. The molecule has 2 rings (SSSR count). The zero-order valence-electron chi connectivity index (χ0n) is 18.3. The van der Waals surface area contributed by atoms with Gasteiger partial charge in [-0.05, 0) is 51.3 Å². The highest BCUT2D eigenvalue weighted by atomic mass is 16.6. The molecular formula is C22H31NO7. The number of amides is 1. The van der Waals surface area contributed by atoms with E-state index in [9.17, 15) is 14.4 Å². The number of hydrogen-bond donors (Lipinski definition) is 0. The molecule has 1 aliphatic heterocycles. The highest BCUT2D eigenvalue weighted by Gasteiger charge is 2.45. The fourth-order valence-electron chi connectivity index (χ4n) is 3.05. The minimum absolute atomic E-state index is 0.0480. The van der Waals surface area contributed by atoms with Crippen LogP contribution in [0.25, 0.3) is 0 Å². The molecule has 0 bridgehead atoms. The van der Waals surface area contributed by atoms with Crippen molar-refractivity contribution in [2.24, 2.45) is 5.92 Å². The van der Waals surface area contributed by atoms with Gasteiger partial charge in [0.25, 0.3) is 0 Å². The second-order valence-corrected chi connectivity index (χ2v) is 8.20. The van der Waals surface area contributed by atoms with Crippen molar-refractivity contribution >= 4 is 18.0 Å². The third-order valence-corrected chi connectivity index (χ3v) is 4.52. The van der Waals surface area contributed by atoms with E-state index in [2.05, 4.69) is 0 Å². The van der Waals surface area contributed by atoms with Crippen LogP contribution in [0.15, 0.2) is 24.3 Å². The fraction of sp³-hybridized carbons (Fsp3) is 0.591. The average Bonchev–Trinajstić information content (AvgIpc) is 3.15. The number of likely N-dealkylation sites (tertiary alicyclic amines) is 1. The van der Waals surface area contributed by atoms with Crippen LogP contribution in [0, 0.1) is 5.92 Å². The number of rotatable bonds is 7. The van der Waals surface area contributed by atoms with Crippen LogP contribution in [0.1, 0.15) is 46.1 Å². The van der Waals surface area contributed by atoms with Crippen molar-refractivity contribution in [3.63, 3.8) is 0 Å². The number of carbonyl (C=O) groups is 3. The van der Waals surface area contributed by atoms with E-state index in [1.165, 1.54) is 4.90 Å². The molecule has 8 heteroatoms. The van der Waals surface area contributed by atoms with Crippen molar-refractivity contribution in [3.8, 4) is 5.75 Å². The average molecular weight is 421 g/mol. The van der Waals surface area contributed by atoms with Gasteiger partial charge < -0.3 is 18.9 Å². The second kappa shape index (κ2) is 10.3. The summed E-state index contributed by atoms with van der Waals surface area (Å²) >= 11 is 0. The maximum absolute atomic E-state index is 12.8. The molecule has 30 heavy (non-hydrogen) atoms. The van der Waals surface area contributed by atoms with E-state index in [1.54, 1.807) is 52.1 Å². The topological polar surface area (TPSA) is 91.4 Å². The maximum atomic E-state index is 12.8. The van der Waals surface area contributed by atoms with E-state index >= 15 is 0 Å². The lowest BCUT2D eigenvalue weighted by Gasteiger charge is -2.27. The third kappa shape index (κ3) is 6.64. The first-order valence-electron chi connectivity index (χ1n) is 10.1. The Hall–Kier alpha value is -2.77. The number of methoxy groups -OCH3 is 1. The lowest BCUT2D eigenvalue weighted by atomic mass is 10.1. The molecule has 0 radical (unpaired) electrons. The van der Waals surface area contributed by atoms with Crippen molar-refractivity contribution < 1.29 is 33.3 Å². The summed E-state index contributed by atoms with van der Waals surface area (Å²) in [4.78, 5) is 39.0. The summed E-state index contributed by atoms with van der Waals surface area (Å²) in [6.07, 6.45) is 0.185. The van der Waals surface area contributed by atoms with Crippen LogP contribution in [0.3, 0.4) is 0 Å². The van der Waals surface area contributed by atoms with Gasteiger partial charge in [-0.1, -0.05) is 19.1 Å². The smallest absolute Gasteiger partial charge is 0.411 e. The normalized spacial score (nSPS) is 18.6. The van der Waals surface area contributed by atoms with Gasteiger partial charge in [-0.2, -0.15) is 0 Å². The van der Waals surface area contributed by atoms with Gasteiger partial charge >= 0.3 is 18.0 Å². The Morgan fingerprint density at radius 1 is 1.07 bits per heavy atom. The maximum Gasteiger partial charge on any atom is 0.411 e. The molecule has 1 amide bonds. The van der Waals surface area contributed by atoms with Crippen LogP contribution in [-0.4, -0.2) is 54.8 Å². The summed E-state index contributed by atoms with van der Waals surface area (Å²) in [5.41, 5.74) is 0.0555. The lowest BCUT2D eigenvalue weighted by molar-refractivity contribution is -0.150. The summed E-state index contributed by atoms with van der Waals surface area (Å²) in [6.45, 7) is 7.52. The van der Waals surface area contributed by atoms with Crippen LogP contribution in [0.2, 0.25) is 0 Å². The minimum Gasteiger partial charge on any atom is -0.497 e. The molecule has 0 spiro atoms. The van der Waals surface area contributed by atoms with Crippen molar-refractivity contribution in [1.29, 1.82) is 0 Å². The summed E-state index contributed by atoms with van der Waals surface area (Å²) in [7, 11) is 1.57. The predicted octanol–water partition coefficient (Wildman–Crippen LogP) is 3.32. The lowest BCUT2D eigenvalue weighted by Crippen LogP contribution is -2.44. The minimum atomic E-state index is -0.905. The monoisotopic (exact) mass is 421 g/mol. The summed E-state index contributed by atoms with van der Waals surface area (Å²) in [5.74, 6) is -0.897. The first-order chi connectivity index (χ1) is 14.1. The van der Waals surface area contributed by atoms with Gasteiger partial charge in [0.1, 0.15) is 24.0 Å². The van der Waals surface area contributed by atoms with E-state index in [0.717, 1.165) is 5.56 Å². The Balaban J connectivity index is 2.07. The Bertz CT molecular complexity index is 739. The van der Waals surface area contributed by atoms with Crippen LogP contribution in [0.4, 0.5) is 4.79 Å². The molecule has 8 nitrogen and oxygen atoms in total. The SMILES string of the molecule is CCCOC(=O)[C@H]1C[C@@H](C(=O)OCc2ccc(OC)cc2)N(C(=O)OC(C)(C)C)C1. The molecule has 1 aromatic carbocycles. The number of hydrogen-bond acceptors (Lipinski definition) is 7. The van der Waals surface area contributed by atoms with E-state index in [1.807, 2.05) is 6.92 Å². The number of esters is 2. The molecule has 1 fully saturated rings. The van der Waals surface area contributed by atoms with Crippen molar-refractivity contribution in [2.75, 3.05) is 20.3 Å². The van der Waals surface area contributed by atoms with Crippen molar-refractivity contribution in [2.45, 2.75) is 58.8 Å². The molecule has 1 heterocycles. The summed E-state index contributed by atoms with van der Waals surface area (Å²) in [5, 5.41) is 0. The van der Waals surface area contributed by atoms with E-state index < -0.39 is 35.6 Å². The van der Waals surface area contributed by atoms with Gasteiger partial charge in [-0.15, -0.1) is 0 Å². The van der Waals surface area contributed by atoms with Gasteiger partial charge in [-0.25, -0.2) is 9.59 Å². The number of benzene rings is 1. The number of ether oxygens (including phenoxy) is 4. The summed E-state index contributed by atoms with van der Waals surface area (Å²) < 4.78 is 21.1. The molecule has 0 saturated carbocycles. The van der Waals surface area contributed by atoms with Crippen molar-refractivity contribution in [1.82, 2.24) is 4.90 Å². The number of carbonyl (C=O) groups excluding carboxylic acids is 3. The fourth-order valence-corrected chi connectivity index (χ4v) is 3.05. The highest BCUT2D eigenvalue weighted by Crippen LogP contribution is 2.28. The Morgan fingerprint density at radius 2 is 1.73 bits per heavy atom. The molecule has 0 N–H and O–H groups in total. The van der Waals surface area contributed by atoms with Crippen LogP contribution in [-0.2, 0) is 30.4 Å². The van der Waals surface area contributed by atoms with Gasteiger partial charge in [0, 0.05) is 6.54 Å². The van der Waals surface area contributed by atoms with Gasteiger partial charge in [0.05, 0.1) is 19.6 Å². The molecular weight excluding hydrogens is 390 g/mol. The van der Waals surface area contributed by atoms with E-state index in [0.29, 0.717) is 18.8 Å². The molecule has 2 atom stereocenters. The quantitative estimate of drug-likeness (QED) is 0.493. The number of nitrogens with zero attached hydrogens (tertiary/aromatic N) is 1. The first kappa shape index (κ1) is 23.5.